The first kappa shape index (κ1) is 21.1. The fraction of sp³-hybridized carbons (Fsp3) is 0.318. The number of nitrogens with zero attached hydrogens (tertiary/aromatic N) is 6. The zero-order valence-corrected chi connectivity index (χ0v) is 18.3. The Morgan fingerprint density at radius 1 is 1.38 bits per heavy atom. The van der Waals surface area contributed by atoms with Gasteiger partial charge in [0.15, 0.2) is 11.5 Å². The van der Waals surface area contributed by atoms with Crippen molar-refractivity contribution in [2.75, 3.05) is 17.3 Å². The van der Waals surface area contributed by atoms with Crippen LogP contribution in [0.5, 0.6) is 5.75 Å². The summed E-state index contributed by atoms with van der Waals surface area (Å²) in [5.41, 5.74) is 8.33. The van der Waals surface area contributed by atoms with E-state index < -0.39 is 5.91 Å². The van der Waals surface area contributed by atoms with Crippen LogP contribution in [0.1, 0.15) is 55.0 Å². The molecule has 1 aromatic carbocycles. The van der Waals surface area contributed by atoms with Crippen LogP contribution in [-0.4, -0.2) is 38.6 Å². The number of imidazole rings is 1. The number of primary amides is 1. The molecule has 0 saturated heterocycles. The summed E-state index contributed by atoms with van der Waals surface area (Å²) in [6.45, 7) is 6.26. The Labute approximate surface area is 185 Å². The maximum atomic E-state index is 11.5. The highest BCUT2D eigenvalue weighted by atomic mass is 16.5. The quantitative estimate of drug-likeness (QED) is 0.607. The number of hydrogen-bond donors (Lipinski definition) is 2. The number of methoxy groups -OCH3 is 1. The van der Waals surface area contributed by atoms with E-state index in [1.165, 1.54) is 7.11 Å². The van der Waals surface area contributed by atoms with E-state index in [4.69, 9.17) is 15.5 Å². The van der Waals surface area contributed by atoms with Gasteiger partial charge in [0.05, 0.1) is 30.7 Å². The predicted molar refractivity (Wildman–Crippen MR) is 119 cm³/mol. The highest BCUT2D eigenvalue weighted by Gasteiger charge is 2.36. The van der Waals surface area contributed by atoms with E-state index in [2.05, 4.69) is 47.0 Å². The van der Waals surface area contributed by atoms with Crippen molar-refractivity contribution in [1.82, 2.24) is 19.5 Å². The van der Waals surface area contributed by atoms with Crippen LogP contribution in [0.2, 0.25) is 0 Å². The van der Waals surface area contributed by atoms with Gasteiger partial charge in [0.25, 0.3) is 0 Å². The lowest BCUT2D eigenvalue weighted by Gasteiger charge is -2.40. The number of fused-ring (bicyclic) bond motifs is 3. The van der Waals surface area contributed by atoms with Crippen molar-refractivity contribution in [2.24, 2.45) is 5.73 Å². The van der Waals surface area contributed by atoms with Crippen LogP contribution in [-0.2, 0) is 0 Å². The zero-order chi connectivity index (χ0) is 23.0. The van der Waals surface area contributed by atoms with E-state index in [0.717, 1.165) is 23.6 Å². The summed E-state index contributed by atoms with van der Waals surface area (Å²) in [7, 11) is 1.51. The molecular weight excluding hydrogens is 408 g/mol. The molecule has 10 nitrogen and oxygen atoms in total. The van der Waals surface area contributed by atoms with Gasteiger partial charge in [-0.1, -0.05) is 6.92 Å². The van der Waals surface area contributed by atoms with E-state index in [0.29, 0.717) is 28.6 Å². The number of nitrogens with one attached hydrogen (secondary N) is 1. The van der Waals surface area contributed by atoms with E-state index in [1.54, 1.807) is 30.7 Å². The number of rotatable bonds is 6. The Morgan fingerprint density at radius 3 is 2.78 bits per heavy atom. The summed E-state index contributed by atoms with van der Waals surface area (Å²) >= 11 is 0. The second-order valence-corrected chi connectivity index (χ2v) is 7.69. The first-order valence-electron chi connectivity index (χ1n) is 10.3. The van der Waals surface area contributed by atoms with Crippen molar-refractivity contribution in [1.29, 1.82) is 5.26 Å². The molecule has 164 valence electrons. The van der Waals surface area contributed by atoms with Crippen molar-refractivity contribution in [2.45, 2.75) is 39.3 Å². The third kappa shape index (κ3) is 3.37. The molecular formula is C22H24N8O2. The number of nitriles is 1. The molecule has 1 aliphatic rings. The highest BCUT2D eigenvalue weighted by Crippen LogP contribution is 2.41. The SMILES string of the molecule is CC[C@@H]1c2c(C#N)ncn2-c2cnc(Nc3ccc(C(N)=O)cc3OC)nc2N1C(C)C. The maximum Gasteiger partial charge on any atom is 0.248 e. The number of amides is 1. The molecule has 1 aliphatic heterocycles. The maximum absolute atomic E-state index is 11.5. The number of benzene rings is 1. The van der Waals surface area contributed by atoms with Crippen molar-refractivity contribution in [3.8, 4) is 17.5 Å². The molecule has 3 aromatic rings. The second kappa shape index (κ2) is 8.19. The van der Waals surface area contributed by atoms with Crippen LogP contribution < -0.4 is 20.7 Å². The molecule has 0 aliphatic carbocycles. The molecule has 2 aromatic heterocycles. The van der Waals surface area contributed by atoms with Gasteiger partial charge in [0, 0.05) is 11.6 Å². The molecule has 0 saturated carbocycles. The van der Waals surface area contributed by atoms with Crippen LogP contribution >= 0.6 is 0 Å². The summed E-state index contributed by atoms with van der Waals surface area (Å²) < 4.78 is 7.29. The average Bonchev–Trinajstić information content (AvgIpc) is 3.22. The van der Waals surface area contributed by atoms with Crippen LogP contribution in [0.25, 0.3) is 5.69 Å². The zero-order valence-electron chi connectivity index (χ0n) is 18.3. The monoisotopic (exact) mass is 432 g/mol. The van der Waals surface area contributed by atoms with Crippen LogP contribution in [0.3, 0.4) is 0 Å². The third-order valence-electron chi connectivity index (χ3n) is 5.49. The molecule has 0 spiro atoms. The van der Waals surface area contributed by atoms with Gasteiger partial charge >= 0.3 is 0 Å². The topological polar surface area (TPSA) is 135 Å². The van der Waals surface area contributed by atoms with Crippen molar-refractivity contribution in [3.63, 3.8) is 0 Å². The molecule has 3 N–H and O–H groups in total. The summed E-state index contributed by atoms with van der Waals surface area (Å²) in [5, 5.41) is 12.7. The molecule has 1 atom stereocenters. The van der Waals surface area contributed by atoms with Gasteiger partial charge in [0.1, 0.15) is 23.8 Å². The van der Waals surface area contributed by atoms with E-state index in [9.17, 15) is 10.1 Å². The number of carbonyl (C=O) groups excluding carboxylic acids is 1. The van der Waals surface area contributed by atoms with Gasteiger partial charge in [0.2, 0.25) is 11.9 Å². The van der Waals surface area contributed by atoms with Crippen LogP contribution in [0, 0.1) is 11.3 Å². The molecule has 0 radical (unpaired) electrons. The lowest BCUT2D eigenvalue weighted by atomic mass is 10.0. The van der Waals surface area contributed by atoms with E-state index >= 15 is 0 Å². The molecule has 32 heavy (non-hydrogen) atoms. The minimum absolute atomic E-state index is 0.0493. The Kier molecular flexibility index (Phi) is 5.40. The third-order valence-corrected chi connectivity index (χ3v) is 5.49. The fourth-order valence-corrected chi connectivity index (χ4v) is 4.08. The molecule has 0 unspecified atom stereocenters. The Balaban J connectivity index is 1.80. The van der Waals surface area contributed by atoms with Crippen molar-refractivity contribution < 1.29 is 9.53 Å². The molecule has 0 fully saturated rings. The van der Waals surface area contributed by atoms with Crippen molar-refractivity contribution >= 4 is 23.4 Å². The number of carbonyl (C=O) groups is 1. The number of ether oxygens (including phenoxy) is 1. The number of nitrogens with two attached hydrogens (primary N) is 1. The summed E-state index contributed by atoms with van der Waals surface area (Å²) in [6, 6.07) is 7.15. The molecule has 3 heterocycles. The molecule has 0 bridgehead atoms. The normalized spacial score (nSPS) is 14.5. The molecule has 10 heteroatoms. The van der Waals surface area contributed by atoms with Gasteiger partial charge < -0.3 is 20.7 Å². The summed E-state index contributed by atoms with van der Waals surface area (Å²) in [4.78, 5) is 27.2. The van der Waals surface area contributed by atoms with Gasteiger partial charge in [-0.3, -0.25) is 9.36 Å². The van der Waals surface area contributed by atoms with Crippen molar-refractivity contribution in [3.05, 3.63) is 47.7 Å². The van der Waals surface area contributed by atoms with E-state index in [-0.39, 0.29) is 12.1 Å². The minimum atomic E-state index is -0.536. The van der Waals surface area contributed by atoms with Gasteiger partial charge in [-0.05, 0) is 38.5 Å². The summed E-state index contributed by atoms with van der Waals surface area (Å²) in [6.07, 6.45) is 4.14. The number of hydrogen-bond acceptors (Lipinski definition) is 8. The number of aromatic nitrogens is 4. The standard InChI is InChI=1S/C22H24N8O2/c1-5-16-19-15(9-23)26-11-29(19)17-10-25-22(28-21(17)30(16)12(2)3)27-14-7-6-13(20(24)31)8-18(14)32-4/h6-8,10-12,16H,5H2,1-4H3,(H2,24,31)(H,25,27,28)/t16-/m1/s1. The average molecular weight is 432 g/mol. The Hall–Kier alpha value is -4.13. The Morgan fingerprint density at radius 2 is 2.16 bits per heavy atom. The lowest BCUT2D eigenvalue weighted by Crippen LogP contribution is -2.40. The highest BCUT2D eigenvalue weighted by molar-refractivity contribution is 5.94. The smallest absolute Gasteiger partial charge is 0.248 e. The van der Waals surface area contributed by atoms with E-state index in [1.807, 2.05) is 4.57 Å². The first-order chi connectivity index (χ1) is 15.4. The first-order valence-corrected chi connectivity index (χ1v) is 10.3. The fourth-order valence-electron chi connectivity index (χ4n) is 4.08. The lowest BCUT2D eigenvalue weighted by molar-refractivity contribution is 0.1000. The predicted octanol–water partition coefficient (Wildman–Crippen LogP) is 3.06. The van der Waals surface area contributed by atoms with Crippen LogP contribution in [0.4, 0.5) is 17.5 Å². The molecule has 4 rings (SSSR count). The number of anilines is 3. The van der Waals surface area contributed by atoms with Gasteiger partial charge in [-0.15, -0.1) is 0 Å². The van der Waals surface area contributed by atoms with Crippen LogP contribution in [0.15, 0.2) is 30.7 Å². The Bertz CT molecular complexity index is 1230. The summed E-state index contributed by atoms with van der Waals surface area (Å²) in [5.74, 6) is 1.03. The largest absolute Gasteiger partial charge is 0.495 e. The minimum Gasteiger partial charge on any atom is -0.495 e. The van der Waals surface area contributed by atoms with Gasteiger partial charge in [-0.2, -0.15) is 10.2 Å². The second-order valence-electron chi connectivity index (χ2n) is 7.69. The van der Waals surface area contributed by atoms with Gasteiger partial charge in [-0.25, -0.2) is 9.97 Å². The molecule has 1 amide bonds.